The molecular formula is C18H32N2O. The Morgan fingerprint density at radius 3 is 2.24 bits per heavy atom. The molecule has 1 unspecified atom stereocenters. The molecule has 0 amide bonds. The van der Waals surface area contributed by atoms with Crippen LogP contribution in [0.2, 0.25) is 0 Å². The average Bonchev–Trinajstić information content (AvgIpc) is 2.50. The first kappa shape index (κ1) is 18.0. The predicted molar refractivity (Wildman–Crippen MR) is 90.5 cm³/mol. The third-order valence-electron chi connectivity index (χ3n) is 4.16. The molecule has 0 spiro atoms. The highest BCUT2D eigenvalue weighted by molar-refractivity contribution is 5.27. The van der Waals surface area contributed by atoms with Crippen LogP contribution >= 0.6 is 0 Å². The minimum atomic E-state index is 0.402. The molecule has 0 fully saturated rings. The van der Waals surface area contributed by atoms with Gasteiger partial charge in [-0.15, -0.1) is 0 Å². The fourth-order valence-corrected chi connectivity index (χ4v) is 2.54. The summed E-state index contributed by atoms with van der Waals surface area (Å²) in [5.41, 5.74) is 12.8. The van der Waals surface area contributed by atoms with Crippen molar-refractivity contribution < 1.29 is 4.74 Å². The largest absolute Gasteiger partial charge is 0.494 e. The Morgan fingerprint density at radius 1 is 1.00 bits per heavy atom. The molecule has 3 nitrogen and oxygen atoms in total. The number of benzene rings is 1. The van der Waals surface area contributed by atoms with Gasteiger partial charge in [-0.1, -0.05) is 45.2 Å². The van der Waals surface area contributed by atoms with E-state index >= 15 is 0 Å². The van der Waals surface area contributed by atoms with Gasteiger partial charge < -0.3 is 16.2 Å². The first-order valence-corrected chi connectivity index (χ1v) is 8.33. The smallest absolute Gasteiger partial charge is 0.119 e. The summed E-state index contributed by atoms with van der Waals surface area (Å²) >= 11 is 0. The van der Waals surface area contributed by atoms with Crippen LogP contribution < -0.4 is 16.2 Å². The maximum Gasteiger partial charge on any atom is 0.119 e. The summed E-state index contributed by atoms with van der Waals surface area (Å²) in [5, 5.41) is 0. The highest BCUT2D eigenvalue weighted by Crippen LogP contribution is 2.19. The minimum Gasteiger partial charge on any atom is -0.494 e. The van der Waals surface area contributed by atoms with Crippen LogP contribution in [0.15, 0.2) is 24.3 Å². The predicted octanol–water partition coefficient (Wildman–Crippen LogP) is 3.36. The SMILES string of the molecule is CCCCCCOc1ccc(CC(C)C(CN)CN)cc1. The third kappa shape index (κ3) is 6.96. The van der Waals surface area contributed by atoms with E-state index in [9.17, 15) is 0 Å². The van der Waals surface area contributed by atoms with E-state index in [1.165, 1.54) is 24.8 Å². The monoisotopic (exact) mass is 292 g/mol. The molecule has 0 aliphatic heterocycles. The van der Waals surface area contributed by atoms with Crippen molar-refractivity contribution in [3.05, 3.63) is 29.8 Å². The number of ether oxygens (including phenoxy) is 1. The van der Waals surface area contributed by atoms with Gasteiger partial charge in [0, 0.05) is 0 Å². The maximum absolute atomic E-state index is 5.76. The van der Waals surface area contributed by atoms with Crippen molar-refractivity contribution in [3.63, 3.8) is 0 Å². The van der Waals surface area contributed by atoms with Crippen LogP contribution in [0.25, 0.3) is 0 Å². The van der Waals surface area contributed by atoms with Crippen molar-refractivity contribution in [3.8, 4) is 5.75 Å². The fourth-order valence-electron chi connectivity index (χ4n) is 2.54. The van der Waals surface area contributed by atoms with Crippen molar-refractivity contribution in [2.75, 3.05) is 19.7 Å². The molecule has 0 aliphatic carbocycles. The highest BCUT2D eigenvalue weighted by atomic mass is 16.5. The van der Waals surface area contributed by atoms with Crippen molar-refractivity contribution in [2.45, 2.75) is 46.0 Å². The molecule has 0 aromatic heterocycles. The van der Waals surface area contributed by atoms with Crippen LogP contribution in [0.5, 0.6) is 5.75 Å². The quantitative estimate of drug-likeness (QED) is 0.615. The van der Waals surface area contributed by atoms with Gasteiger partial charge in [-0.25, -0.2) is 0 Å². The first-order chi connectivity index (χ1) is 10.2. The summed E-state index contributed by atoms with van der Waals surface area (Å²) in [5.74, 6) is 1.89. The van der Waals surface area contributed by atoms with E-state index in [-0.39, 0.29) is 0 Å². The molecule has 0 saturated heterocycles. The zero-order valence-electron chi connectivity index (χ0n) is 13.7. The van der Waals surface area contributed by atoms with Gasteiger partial charge in [0.25, 0.3) is 0 Å². The molecule has 1 aromatic rings. The van der Waals surface area contributed by atoms with Gasteiger partial charge in [0.05, 0.1) is 6.61 Å². The molecule has 0 heterocycles. The molecule has 0 aliphatic rings. The number of nitrogens with two attached hydrogens (primary N) is 2. The van der Waals surface area contributed by atoms with Crippen LogP contribution in [0, 0.1) is 11.8 Å². The number of hydrogen-bond donors (Lipinski definition) is 2. The molecule has 1 aromatic carbocycles. The van der Waals surface area contributed by atoms with E-state index in [2.05, 4.69) is 38.1 Å². The molecule has 3 heteroatoms. The van der Waals surface area contributed by atoms with Gasteiger partial charge >= 0.3 is 0 Å². The summed E-state index contributed by atoms with van der Waals surface area (Å²) < 4.78 is 5.76. The van der Waals surface area contributed by atoms with E-state index < -0.39 is 0 Å². The second-order valence-corrected chi connectivity index (χ2v) is 5.97. The Hall–Kier alpha value is -1.06. The third-order valence-corrected chi connectivity index (χ3v) is 4.16. The zero-order valence-corrected chi connectivity index (χ0v) is 13.7. The van der Waals surface area contributed by atoms with E-state index in [0.29, 0.717) is 24.9 Å². The standard InChI is InChI=1S/C18H32N2O/c1-3-4-5-6-11-21-18-9-7-16(8-10-18)12-15(2)17(13-19)14-20/h7-10,15,17H,3-6,11-14,19-20H2,1-2H3. The number of hydrogen-bond acceptors (Lipinski definition) is 3. The lowest BCUT2D eigenvalue weighted by molar-refractivity contribution is 0.305. The van der Waals surface area contributed by atoms with Crippen LogP contribution in [-0.2, 0) is 6.42 Å². The van der Waals surface area contributed by atoms with Crippen LogP contribution in [0.1, 0.15) is 45.1 Å². The zero-order chi connectivity index (χ0) is 15.5. The van der Waals surface area contributed by atoms with Gasteiger partial charge in [-0.05, 0) is 55.5 Å². The molecule has 0 saturated carbocycles. The number of unbranched alkanes of at least 4 members (excludes halogenated alkanes) is 3. The lowest BCUT2D eigenvalue weighted by atomic mass is 9.88. The van der Waals surface area contributed by atoms with E-state index in [1.807, 2.05) is 0 Å². The van der Waals surface area contributed by atoms with E-state index in [4.69, 9.17) is 16.2 Å². The normalized spacial score (nSPS) is 12.6. The summed E-state index contributed by atoms with van der Waals surface area (Å²) in [7, 11) is 0. The van der Waals surface area contributed by atoms with E-state index in [1.54, 1.807) is 0 Å². The van der Waals surface area contributed by atoms with Crippen molar-refractivity contribution in [1.29, 1.82) is 0 Å². The van der Waals surface area contributed by atoms with Crippen LogP contribution in [0.3, 0.4) is 0 Å². The summed E-state index contributed by atoms with van der Waals surface area (Å²) in [6, 6.07) is 8.45. The maximum atomic E-state index is 5.76. The van der Waals surface area contributed by atoms with Gasteiger partial charge in [-0.2, -0.15) is 0 Å². The first-order valence-electron chi connectivity index (χ1n) is 8.33. The molecule has 21 heavy (non-hydrogen) atoms. The van der Waals surface area contributed by atoms with Gasteiger partial charge in [0.1, 0.15) is 5.75 Å². The molecule has 120 valence electrons. The van der Waals surface area contributed by atoms with E-state index in [0.717, 1.165) is 25.2 Å². The molecule has 1 atom stereocenters. The fraction of sp³-hybridized carbons (Fsp3) is 0.667. The second-order valence-electron chi connectivity index (χ2n) is 5.97. The lowest BCUT2D eigenvalue weighted by Crippen LogP contribution is -2.30. The lowest BCUT2D eigenvalue weighted by Gasteiger charge is -2.20. The van der Waals surface area contributed by atoms with Gasteiger partial charge in [0.15, 0.2) is 0 Å². The summed E-state index contributed by atoms with van der Waals surface area (Å²) in [6.45, 7) is 6.59. The Labute approximate surface area is 130 Å². The average molecular weight is 292 g/mol. The van der Waals surface area contributed by atoms with Crippen molar-refractivity contribution in [2.24, 2.45) is 23.3 Å². The van der Waals surface area contributed by atoms with Crippen LogP contribution in [0.4, 0.5) is 0 Å². The topological polar surface area (TPSA) is 61.3 Å². The molecule has 0 radical (unpaired) electrons. The Morgan fingerprint density at radius 2 is 1.67 bits per heavy atom. The van der Waals surface area contributed by atoms with Gasteiger partial charge in [-0.3, -0.25) is 0 Å². The minimum absolute atomic E-state index is 0.402. The molecule has 4 N–H and O–H groups in total. The summed E-state index contributed by atoms with van der Waals surface area (Å²) in [6.07, 6.45) is 5.98. The molecular weight excluding hydrogens is 260 g/mol. The Kier molecular flexibility index (Phi) is 9.11. The highest BCUT2D eigenvalue weighted by Gasteiger charge is 2.14. The summed E-state index contributed by atoms with van der Waals surface area (Å²) in [4.78, 5) is 0. The van der Waals surface area contributed by atoms with Crippen LogP contribution in [-0.4, -0.2) is 19.7 Å². The van der Waals surface area contributed by atoms with Gasteiger partial charge in [0.2, 0.25) is 0 Å². The Bertz CT molecular complexity index is 360. The second kappa shape index (κ2) is 10.6. The molecule has 1 rings (SSSR count). The van der Waals surface area contributed by atoms with Crippen molar-refractivity contribution >= 4 is 0 Å². The van der Waals surface area contributed by atoms with Crippen molar-refractivity contribution in [1.82, 2.24) is 0 Å². The molecule has 0 bridgehead atoms. The number of rotatable bonds is 11. The Balaban J connectivity index is 2.36.